The standard InChI is InChI=1S/C14H24O4/c1-5-6-7-8-9-10-13(11(2)15)18-14(16)12(3)17-4/h5,12-13H,1,6-10H2,2-4H3. The maximum atomic E-state index is 11.5. The van der Waals surface area contributed by atoms with Crippen LogP contribution in [-0.4, -0.2) is 31.1 Å². The summed E-state index contributed by atoms with van der Waals surface area (Å²) < 4.78 is 9.99. The van der Waals surface area contributed by atoms with Crippen molar-refractivity contribution in [3.63, 3.8) is 0 Å². The zero-order valence-electron chi connectivity index (χ0n) is 11.6. The molecule has 0 aromatic heterocycles. The van der Waals surface area contributed by atoms with Crippen molar-refractivity contribution in [3.8, 4) is 0 Å². The summed E-state index contributed by atoms with van der Waals surface area (Å²) in [6.07, 6.45) is 5.09. The molecule has 0 saturated heterocycles. The van der Waals surface area contributed by atoms with Gasteiger partial charge in [-0.25, -0.2) is 4.79 Å². The highest BCUT2D eigenvalue weighted by molar-refractivity contribution is 5.84. The number of methoxy groups -OCH3 is 1. The van der Waals surface area contributed by atoms with Crippen molar-refractivity contribution >= 4 is 11.8 Å². The predicted molar refractivity (Wildman–Crippen MR) is 70.3 cm³/mol. The SMILES string of the molecule is C=CCCCCCC(OC(=O)C(C)OC)C(C)=O. The second kappa shape index (κ2) is 9.83. The highest BCUT2D eigenvalue weighted by Crippen LogP contribution is 2.11. The molecule has 0 aliphatic rings. The van der Waals surface area contributed by atoms with Crippen LogP contribution in [0, 0.1) is 0 Å². The van der Waals surface area contributed by atoms with Crippen LogP contribution in [0.1, 0.15) is 46.0 Å². The van der Waals surface area contributed by atoms with Crippen LogP contribution in [0.15, 0.2) is 12.7 Å². The lowest BCUT2D eigenvalue weighted by molar-refractivity contribution is -0.163. The van der Waals surface area contributed by atoms with Gasteiger partial charge < -0.3 is 9.47 Å². The number of unbranched alkanes of at least 4 members (excludes halogenated alkanes) is 3. The molecule has 0 saturated carbocycles. The smallest absolute Gasteiger partial charge is 0.335 e. The van der Waals surface area contributed by atoms with Crippen LogP contribution in [0.25, 0.3) is 0 Å². The van der Waals surface area contributed by atoms with E-state index in [-0.39, 0.29) is 5.78 Å². The maximum absolute atomic E-state index is 11.5. The number of rotatable bonds is 10. The molecule has 0 aliphatic heterocycles. The average Bonchev–Trinajstić information content (AvgIpc) is 2.35. The minimum atomic E-state index is -0.640. The van der Waals surface area contributed by atoms with Crippen LogP contribution in [0.5, 0.6) is 0 Å². The molecule has 0 bridgehead atoms. The Balaban J connectivity index is 4.03. The molecule has 0 amide bonds. The zero-order chi connectivity index (χ0) is 14.0. The Hall–Kier alpha value is -1.16. The first-order valence-corrected chi connectivity index (χ1v) is 6.37. The summed E-state index contributed by atoms with van der Waals surface area (Å²) in [5.74, 6) is -0.598. The van der Waals surface area contributed by atoms with Gasteiger partial charge in [0.2, 0.25) is 0 Å². The average molecular weight is 256 g/mol. The molecule has 0 aliphatic carbocycles. The molecular formula is C14H24O4. The molecule has 0 radical (unpaired) electrons. The van der Waals surface area contributed by atoms with Gasteiger partial charge in [-0.1, -0.05) is 12.5 Å². The first kappa shape index (κ1) is 16.8. The van der Waals surface area contributed by atoms with E-state index in [0.29, 0.717) is 6.42 Å². The number of carbonyl (C=O) groups is 2. The van der Waals surface area contributed by atoms with Crippen molar-refractivity contribution in [2.45, 2.75) is 58.2 Å². The molecule has 0 aromatic carbocycles. The second-order valence-corrected chi connectivity index (χ2v) is 4.34. The summed E-state index contributed by atoms with van der Waals surface area (Å²) >= 11 is 0. The van der Waals surface area contributed by atoms with Crippen LogP contribution in [0.2, 0.25) is 0 Å². The van der Waals surface area contributed by atoms with Crippen LogP contribution >= 0.6 is 0 Å². The van der Waals surface area contributed by atoms with Crippen molar-refractivity contribution in [2.24, 2.45) is 0 Å². The fraction of sp³-hybridized carbons (Fsp3) is 0.714. The maximum Gasteiger partial charge on any atom is 0.335 e. The summed E-state index contributed by atoms with van der Waals surface area (Å²) in [6, 6.07) is 0. The number of esters is 1. The summed E-state index contributed by atoms with van der Waals surface area (Å²) in [7, 11) is 1.43. The van der Waals surface area contributed by atoms with Crippen molar-refractivity contribution in [1.82, 2.24) is 0 Å². The van der Waals surface area contributed by atoms with Gasteiger partial charge in [0.15, 0.2) is 18.0 Å². The Bertz CT molecular complexity index is 273. The Morgan fingerprint density at radius 2 is 1.94 bits per heavy atom. The van der Waals surface area contributed by atoms with E-state index in [4.69, 9.17) is 9.47 Å². The van der Waals surface area contributed by atoms with Crippen LogP contribution in [-0.2, 0) is 19.1 Å². The lowest BCUT2D eigenvalue weighted by atomic mass is 10.1. The van der Waals surface area contributed by atoms with E-state index >= 15 is 0 Å². The lowest BCUT2D eigenvalue weighted by Gasteiger charge is -2.17. The van der Waals surface area contributed by atoms with Gasteiger partial charge in [0.05, 0.1) is 0 Å². The van der Waals surface area contributed by atoms with E-state index in [9.17, 15) is 9.59 Å². The Morgan fingerprint density at radius 3 is 2.44 bits per heavy atom. The Kier molecular flexibility index (Phi) is 9.19. The molecule has 0 heterocycles. The molecule has 0 spiro atoms. The van der Waals surface area contributed by atoms with E-state index < -0.39 is 18.2 Å². The van der Waals surface area contributed by atoms with Crippen molar-refractivity contribution in [1.29, 1.82) is 0 Å². The van der Waals surface area contributed by atoms with Crippen molar-refractivity contribution in [3.05, 3.63) is 12.7 Å². The molecule has 0 fully saturated rings. The van der Waals surface area contributed by atoms with E-state index in [1.807, 2.05) is 6.08 Å². The number of ether oxygens (including phenoxy) is 2. The van der Waals surface area contributed by atoms with Gasteiger partial charge in [-0.15, -0.1) is 6.58 Å². The van der Waals surface area contributed by atoms with Gasteiger partial charge in [-0.3, -0.25) is 4.79 Å². The molecule has 0 N–H and O–H groups in total. The minimum Gasteiger partial charge on any atom is -0.452 e. The molecular weight excluding hydrogens is 232 g/mol. The van der Waals surface area contributed by atoms with Crippen LogP contribution < -0.4 is 0 Å². The Labute approximate surface area is 109 Å². The summed E-state index contributed by atoms with van der Waals surface area (Å²) in [4.78, 5) is 22.9. The molecule has 0 aromatic rings. The van der Waals surface area contributed by atoms with Crippen molar-refractivity contribution in [2.75, 3.05) is 7.11 Å². The van der Waals surface area contributed by atoms with Crippen LogP contribution in [0.3, 0.4) is 0 Å². The fourth-order valence-corrected chi connectivity index (χ4v) is 1.47. The quantitative estimate of drug-likeness (QED) is 0.342. The fourth-order valence-electron chi connectivity index (χ4n) is 1.47. The van der Waals surface area contributed by atoms with Gasteiger partial charge in [0.1, 0.15) is 0 Å². The van der Waals surface area contributed by atoms with Gasteiger partial charge in [-0.05, 0) is 39.5 Å². The third-order valence-corrected chi connectivity index (χ3v) is 2.77. The topological polar surface area (TPSA) is 52.6 Å². The second-order valence-electron chi connectivity index (χ2n) is 4.34. The van der Waals surface area contributed by atoms with Gasteiger partial charge in [0.25, 0.3) is 0 Å². The Morgan fingerprint density at radius 1 is 1.28 bits per heavy atom. The van der Waals surface area contributed by atoms with E-state index in [0.717, 1.165) is 25.7 Å². The largest absolute Gasteiger partial charge is 0.452 e. The molecule has 104 valence electrons. The summed E-state index contributed by atoms with van der Waals surface area (Å²) in [6.45, 7) is 6.70. The molecule has 0 rings (SSSR count). The van der Waals surface area contributed by atoms with E-state index in [1.165, 1.54) is 14.0 Å². The third kappa shape index (κ3) is 7.22. The van der Waals surface area contributed by atoms with E-state index in [2.05, 4.69) is 6.58 Å². The number of Topliss-reactive ketones (excluding diaryl/α,β-unsaturated/α-hetero) is 1. The van der Waals surface area contributed by atoms with Gasteiger partial charge in [0, 0.05) is 7.11 Å². The first-order valence-electron chi connectivity index (χ1n) is 6.37. The minimum absolute atomic E-state index is 0.115. The summed E-state index contributed by atoms with van der Waals surface area (Å²) in [5, 5.41) is 0. The molecule has 2 atom stereocenters. The molecule has 4 heteroatoms. The monoisotopic (exact) mass is 256 g/mol. The highest BCUT2D eigenvalue weighted by atomic mass is 16.6. The van der Waals surface area contributed by atoms with Gasteiger partial charge >= 0.3 is 5.97 Å². The molecule has 18 heavy (non-hydrogen) atoms. The number of allylic oxidation sites excluding steroid dienone is 1. The predicted octanol–water partition coefficient (Wildman–Crippen LogP) is 2.66. The first-order chi connectivity index (χ1) is 8.52. The normalized spacial score (nSPS) is 13.7. The molecule has 4 nitrogen and oxygen atoms in total. The third-order valence-electron chi connectivity index (χ3n) is 2.77. The summed E-state index contributed by atoms with van der Waals surface area (Å²) in [5.41, 5.74) is 0. The van der Waals surface area contributed by atoms with E-state index in [1.54, 1.807) is 6.92 Å². The number of hydrogen-bond acceptors (Lipinski definition) is 4. The lowest BCUT2D eigenvalue weighted by Crippen LogP contribution is -2.31. The molecule has 2 unspecified atom stereocenters. The highest BCUT2D eigenvalue weighted by Gasteiger charge is 2.22. The number of hydrogen-bond donors (Lipinski definition) is 0. The number of ketones is 1. The van der Waals surface area contributed by atoms with Gasteiger partial charge in [-0.2, -0.15) is 0 Å². The number of carbonyl (C=O) groups excluding carboxylic acids is 2. The zero-order valence-corrected chi connectivity index (χ0v) is 11.6. The van der Waals surface area contributed by atoms with Crippen LogP contribution in [0.4, 0.5) is 0 Å². The van der Waals surface area contributed by atoms with Crippen molar-refractivity contribution < 1.29 is 19.1 Å².